The van der Waals surface area contributed by atoms with Gasteiger partial charge in [0.25, 0.3) is 0 Å². The average molecular weight is 827 g/mol. The molecule has 50 heavy (non-hydrogen) atoms. The van der Waals surface area contributed by atoms with Crippen molar-refractivity contribution < 1.29 is 42.9 Å². The molecular formula is C26H28Cl3F10N9S2. The van der Waals surface area contributed by atoms with Gasteiger partial charge in [-0.3, -0.25) is 5.84 Å². The Morgan fingerprint density at radius 3 is 1.34 bits per heavy atom. The highest BCUT2D eigenvalue weighted by molar-refractivity contribution is 8.11. The molecule has 0 bridgehead atoms. The molecule has 0 saturated carbocycles. The Morgan fingerprint density at radius 1 is 0.700 bits per heavy atom. The van der Waals surface area contributed by atoms with Gasteiger partial charge in [0.1, 0.15) is 23.0 Å². The van der Waals surface area contributed by atoms with Crippen LogP contribution in [0, 0.1) is 0 Å². The Labute approximate surface area is 298 Å². The molecule has 4 aromatic rings. The number of nitrogen functional groups attached to an aromatic ring is 3. The van der Waals surface area contributed by atoms with E-state index < -0.39 is 55.5 Å². The zero-order valence-electron chi connectivity index (χ0n) is 24.8. The first-order valence-electron chi connectivity index (χ1n) is 12.6. The van der Waals surface area contributed by atoms with Crippen LogP contribution in [-0.2, 0) is 12.4 Å². The van der Waals surface area contributed by atoms with E-state index >= 15 is 0 Å². The molecule has 2 atom stereocenters. The third kappa shape index (κ3) is 9.98. The zero-order valence-corrected chi connectivity index (χ0v) is 28.7. The lowest BCUT2D eigenvalue weighted by Crippen LogP contribution is -2.15. The topological polar surface area (TPSA) is 152 Å². The van der Waals surface area contributed by atoms with Crippen molar-refractivity contribution in [2.45, 2.75) is 43.4 Å². The van der Waals surface area contributed by atoms with Crippen LogP contribution in [0.15, 0.2) is 46.5 Å². The number of anilines is 3. The fraction of sp³-hybridized carbons (Fsp3) is 0.231. The highest BCUT2D eigenvalue weighted by Crippen LogP contribution is 2.42. The van der Waals surface area contributed by atoms with E-state index in [-0.39, 0.29) is 61.0 Å². The maximum Gasteiger partial charge on any atom is 0.416 e. The number of nitrogens with one attached hydrogen (secondary N) is 1. The van der Waals surface area contributed by atoms with Gasteiger partial charge < -0.3 is 22.6 Å². The van der Waals surface area contributed by atoms with Gasteiger partial charge in [-0.05, 0) is 45.2 Å². The monoisotopic (exact) mass is 825 g/mol. The van der Waals surface area contributed by atoms with Crippen LogP contribution < -0.4 is 28.5 Å². The second-order valence-electron chi connectivity index (χ2n) is 8.85. The summed E-state index contributed by atoms with van der Waals surface area (Å²) in [5.74, 6) is 4.62. The summed E-state index contributed by atoms with van der Waals surface area (Å²) in [6, 6.07) is 2.64. The van der Waals surface area contributed by atoms with Gasteiger partial charge in [-0.1, -0.05) is 42.2 Å². The largest absolute Gasteiger partial charge is 0.416 e. The number of aromatic nitrogens is 4. The van der Waals surface area contributed by atoms with Gasteiger partial charge in [0, 0.05) is 0 Å². The van der Waals surface area contributed by atoms with Crippen LogP contribution in [-0.4, -0.2) is 36.8 Å². The zero-order chi connectivity index (χ0) is 37.8. The molecular weight excluding hydrogens is 799 g/mol. The second-order valence-corrected chi connectivity index (χ2v) is 13.1. The average Bonchev–Trinajstić information content (AvgIpc) is 3.57. The number of nitrogens with two attached hydrogens (primary N) is 4. The summed E-state index contributed by atoms with van der Waals surface area (Å²) in [5, 5.41) is 4.33. The fourth-order valence-electron chi connectivity index (χ4n) is 3.64. The molecule has 2 aromatic heterocycles. The molecule has 2 unspecified atom stereocenters. The van der Waals surface area contributed by atoms with Crippen LogP contribution in [0.2, 0.25) is 15.1 Å². The maximum atomic E-state index is 13.8. The van der Waals surface area contributed by atoms with Crippen LogP contribution >= 0.6 is 56.5 Å². The van der Waals surface area contributed by atoms with Crippen molar-refractivity contribution in [3.05, 3.63) is 62.9 Å². The third-order valence-corrected chi connectivity index (χ3v) is 8.99. The standard InChI is InChI=1S/C12H8Cl2F5N3S.C12H11ClF5N5S.CH5N.CH4/c1-5(15)23(19)9-4-21-22(11(9)20)10-7(13)2-6(3-8(10)14)12(16,17)18;1-5(14)24(18)9-4-21-23(11(9)19)10-7(13)2-6(12(15,16)17)3-8(10)22-20;1-2;/h2-4H,20H2,1H3;2-4,22H,19-20H2,1H3;2H2,1H3;1H4. The van der Waals surface area contributed by atoms with Gasteiger partial charge in [-0.2, -0.15) is 44.3 Å². The fourth-order valence-corrected chi connectivity index (χ4v) is 6.01. The van der Waals surface area contributed by atoms with E-state index in [4.69, 9.17) is 52.1 Å². The number of rotatable bonds is 5. The van der Waals surface area contributed by atoms with Crippen molar-refractivity contribution in [1.29, 1.82) is 0 Å². The number of alkyl halides is 6. The smallest absolute Gasteiger partial charge is 0.383 e. The number of hydrogen-bond acceptors (Lipinski definition) is 7. The summed E-state index contributed by atoms with van der Waals surface area (Å²) in [7, 11) is -3.32. The molecule has 0 amide bonds. The molecule has 0 spiro atoms. The molecule has 4 rings (SSSR count). The predicted octanol–water partition coefficient (Wildman–Crippen LogP) is 9.67. The Kier molecular flexibility index (Phi) is 16.0. The van der Waals surface area contributed by atoms with Gasteiger partial charge in [0.15, 0.2) is 10.2 Å². The molecule has 0 fully saturated rings. The van der Waals surface area contributed by atoms with Crippen LogP contribution in [0.4, 0.5) is 60.2 Å². The minimum atomic E-state index is -4.65. The van der Waals surface area contributed by atoms with Crippen molar-refractivity contribution in [3.8, 4) is 11.4 Å². The van der Waals surface area contributed by atoms with E-state index in [0.717, 1.165) is 35.6 Å². The molecule has 24 heteroatoms. The lowest BCUT2D eigenvalue weighted by atomic mass is 10.1. The maximum absolute atomic E-state index is 13.8. The van der Waals surface area contributed by atoms with Crippen molar-refractivity contribution in [1.82, 2.24) is 19.6 Å². The second kappa shape index (κ2) is 17.8. The first-order valence-corrected chi connectivity index (χ1v) is 16.0. The summed E-state index contributed by atoms with van der Waals surface area (Å²) < 4.78 is 132. The SMILES string of the molecule is C.C/C(F)=S(/F)c1cnn(-c2c(Cl)cc(C(F)(F)F)cc2NN)c1N.C/C(F)=S(\F)c1cnn(-c2c(Cl)cc(C(F)(F)F)cc2Cl)c1N.CN. The number of nitrogens with zero attached hydrogens (tertiary/aromatic N) is 4. The summed E-state index contributed by atoms with van der Waals surface area (Å²) in [5.41, 5.74) is 15.4. The van der Waals surface area contributed by atoms with Crippen molar-refractivity contribution >= 4 is 84.1 Å². The van der Waals surface area contributed by atoms with E-state index in [1.807, 2.05) is 0 Å². The Morgan fingerprint density at radius 2 is 1.02 bits per heavy atom. The molecule has 280 valence electrons. The Balaban J connectivity index is 0.000000468. The number of benzene rings is 2. The molecule has 0 aliphatic rings. The van der Waals surface area contributed by atoms with Gasteiger partial charge in [0.2, 0.25) is 0 Å². The minimum Gasteiger partial charge on any atom is -0.383 e. The van der Waals surface area contributed by atoms with Gasteiger partial charge >= 0.3 is 12.4 Å². The van der Waals surface area contributed by atoms with Gasteiger partial charge in [0.05, 0.1) is 75.8 Å². The number of halogens is 13. The molecule has 0 aliphatic heterocycles. The summed E-state index contributed by atoms with van der Waals surface area (Å²) in [6.45, 7) is 1.86. The van der Waals surface area contributed by atoms with Gasteiger partial charge in [-0.15, -0.1) is 0 Å². The van der Waals surface area contributed by atoms with E-state index in [9.17, 15) is 42.9 Å². The molecule has 0 aliphatic carbocycles. The number of hydrogen-bond donors (Lipinski definition) is 5. The molecule has 2 heterocycles. The van der Waals surface area contributed by atoms with Gasteiger partial charge in [-0.25, -0.2) is 18.1 Å². The van der Waals surface area contributed by atoms with Crippen LogP contribution in [0.25, 0.3) is 11.4 Å². The molecule has 9 nitrogen and oxygen atoms in total. The Hall–Kier alpha value is -3.21. The summed E-state index contributed by atoms with van der Waals surface area (Å²) in [4.78, 5) is -0.508. The van der Waals surface area contributed by atoms with Crippen LogP contribution in [0.5, 0.6) is 0 Å². The first kappa shape index (κ1) is 44.8. The first-order chi connectivity index (χ1) is 22.6. The van der Waals surface area contributed by atoms with Crippen molar-refractivity contribution in [2.24, 2.45) is 11.6 Å². The van der Waals surface area contributed by atoms with Crippen molar-refractivity contribution in [3.63, 3.8) is 0 Å². The normalized spacial score (nSPS) is 13.2. The molecule has 0 radical (unpaired) electrons. The summed E-state index contributed by atoms with van der Waals surface area (Å²) >= 11 is 17.5. The van der Waals surface area contributed by atoms with E-state index in [1.165, 1.54) is 7.05 Å². The highest BCUT2D eigenvalue weighted by Gasteiger charge is 2.34. The lowest BCUT2D eigenvalue weighted by molar-refractivity contribution is -0.138. The predicted molar refractivity (Wildman–Crippen MR) is 183 cm³/mol. The van der Waals surface area contributed by atoms with E-state index in [0.29, 0.717) is 24.3 Å². The molecule has 9 N–H and O–H groups in total. The number of hydrazine groups is 1. The van der Waals surface area contributed by atoms with Crippen LogP contribution in [0.1, 0.15) is 32.4 Å². The lowest BCUT2D eigenvalue weighted by Gasteiger charge is -2.16. The van der Waals surface area contributed by atoms with Crippen molar-refractivity contribution in [2.75, 3.05) is 23.9 Å². The minimum absolute atomic E-state index is 0. The Bertz CT molecular complexity index is 1860. The molecule has 2 aromatic carbocycles. The van der Waals surface area contributed by atoms with E-state index in [1.54, 1.807) is 0 Å². The van der Waals surface area contributed by atoms with Crippen LogP contribution in [0.3, 0.4) is 0 Å². The quantitative estimate of drug-likeness (QED) is 0.0442. The summed E-state index contributed by atoms with van der Waals surface area (Å²) in [6.07, 6.45) is -7.36. The van der Waals surface area contributed by atoms with E-state index in [2.05, 4.69) is 21.4 Å². The highest BCUT2D eigenvalue weighted by atomic mass is 35.5. The molecule has 0 saturated heterocycles. The third-order valence-electron chi connectivity index (χ3n) is 5.74.